The van der Waals surface area contributed by atoms with Gasteiger partial charge in [-0.25, -0.2) is 3.96 Å². The second-order valence-electron chi connectivity index (χ2n) is 4.76. The summed E-state index contributed by atoms with van der Waals surface area (Å²) in [6, 6.07) is 15.1. The summed E-state index contributed by atoms with van der Waals surface area (Å²) in [5.41, 5.74) is 8.12. The van der Waals surface area contributed by atoms with Crippen LogP contribution in [0, 0.1) is 0 Å². The molecule has 0 aliphatic heterocycles. The molecule has 0 bridgehead atoms. The fourth-order valence-electron chi connectivity index (χ4n) is 2.49. The number of nitrogens with zero attached hydrogens (tertiary/aromatic N) is 2. The molecule has 2 N–H and O–H groups in total. The molecule has 0 saturated carbocycles. The number of nitrogens with two attached hydrogens (primary N) is 1. The summed E-state index contributed by atoms with van der Waals surface area (Å²) in [4.78, 5) is 16.9. The minimum Gasteiger partial charge on any atom is -0.397 e. The Labute approximate surface area is 124 Å². The van der Waals surface area contributed by atoms with Crippen molar-refractivity contribution in [3.63, 3.8) is 0 Å². The molecular formula is C16H11N3OS. The standard InChI is InChI=1S/C16H11N3OS/c17-12-7-8-13(10-5-3-9-18-15(10)12)19-16(20)11-4-1-2-6-14(11)21-19/h1-9H,17H2. The van der Waals surface area contributed by atoms with Gasteiger partial charge in [0.2, 0.25) is 0 Å². The highest BCUT2D eigenvalue weighted by Gasteiger charge is 2.12. The number of anilines is 1. The molecule has 2 aromatic carbocycles. The first-order valence-electron chi connectivity index (χ1n) is 6.50. The van der Waals surface area contributed by atoms with E-state index >= 15 is 0 Å². The number of aromatic nitrogens is 2. The van der Waals surface area contributed by atoms with Gasteiger partial charge in [0.1, 0.15) is 0 Å². The number of benzene rings is 2. The zero-order valence-corrected chi connectivity index (χ0v) is 11.8. The van der Waals surface area contributed by atoms with Gasteiger partial charge in [-0.2, -0.15) is 0 Å². The van der Waals surface area contributed by atoms with Crippen molar-refractivity contribution >= 4 is 38.2 Å². The van der Waals surface area contributed by atoms with Gasteiger partial charge < -0.3 is 5.73 Å². The molecule has 2 heterocycles. The van der Waals surface area contributed by atoms with Crippen molar-refractivity contribution < 1.29 is 0 Å². The predicted molar refractivity (Wildman–Crippen MR) is 87.1 cm³/mol. The van der Waals surface area contributed by atoms with Crippen LogP contribution >= 0.6 is 11.5 Å². The highest BCUT2D eigenvalue weighted by molar-refractivity contribution is 7.14. The fraction of sp³-hybridized carbons (Fsp3) is 0. The minimum atomic E-state index is -0.00877. The second-order valence-corrected chi connectivity index (χ2v) is 5.75. The Hall–Kier alpha value is -2.66. The van der Waals surface area contributed by atoms with E-state index in [2.05, 4.69) is 4.98 Å². The van der Waals surface area contributed by atoms with Crippen LogP contribution in [-0.2, 0) is 0 Å². The molecule has 5 heteroatoms. The molecule has 2 aromatic heterocycles. The summed E-state index contributed by atoms with van der Waals surface area (Å²) < 4.78 is 2.67. The van der Waals surface area contributed by atoms with Crippen LogP contribution in [0.25, 0.3) is 26.7 Å². The van der Waals surface area contributed by atoms with Crippen molar-refractivity contribution in [2.24, 2.45) is 0 Å². The number of hydrogen-bond donors (Lipinski definition) is 1. The third-order valence-electron chi connectivity index (χ3n) is 3.49. The lowest BCUT2D eigenvalue weighted by molar-refractivity contribution is 1.16. The Morgan fingerprint density at radius 2 is 1.81 bits per heavy atom. The quantitative estimate of drug-likeness (QED) is 0.548. The first kappa shape index (κ1) is 12.1. The molecule has 0 fully saturated rings. The molecule has 0 spiro atoms. The maximum atomic E-state index is 12.6. The van der Waals surface area contributed by atoms with E-state index in [1.54, 1.807) is 16.2 Å². The average molecular weight is 293 g/mol. The van der Waals surface area contributed by atoms with Gasteiger partial charge >= 0.3 is 0 Å². The number of pyridine rings is 1. The summed E-state index contributed by atoms with van der Waals surface area (Å²) in [6.45, 7) is 0. The Kier molecular flexibility index (Phi) is 2.55. The minimum absolute atomic E-state index is 0.00877. The molecule has 0 aliphatic rings. The SMILES string of the molecule is Nc1ccc(-n2sc3ccccc3c2=O)c2cccnc12. The molecule has 0 atom stereocenters. The van der Waals surface area contributed by atoms with Gasteiger partial charge in [0, 0.05) is 11.6 Å². The van der Waals surface area contributed by atoms with Crippen molar-refractivity contribution in [1.82, 2.24) is 8.94 Å². The number of hydrogen-bond acceptors (Lipinski definition) is 4. The van der Waals surface area contributed by atoms with Crippen molar-refractivity contribution in [3.8, 4) is 5.69 Å². The molecule has 102 valence electrons. The van der Waals surface area contributed by atoms with Crippen LogP contribution in [0.3, 0.4) is 0 Å². The van der Waals surface area contributed by atoms with Crippen LogP contribution in [0.15, 0.2) is 59.5 Å². The zero-order valence-electron chi connectivity index (χ0n) is 11.0. The van der Waals surface area contributed by atoms with Crippen molar-refractivity contribution in [1.29, 1.82) is 0 Å². The lowest BCUT2D eigenvalue weighted by Crippen LogP contribution is -2.11. The van der Waals surface area contributed by atoms with Crippen molar-refractivity contribution in [2.45, 2.75) is 0 Å². The highest BCUT2D eigenvalue weighted by atomic mass is 32.1. The maximum absolute atomic E-state index is 12.6. The molecule has 4 aromatic rings. The number of rotatable bonds is 1. The summed E-state index contributed by atoms with van der Waals surface area (Å²) in [7, 11) is 0. The first-order valence-corrected chi connectivity index (χ1v) is 7.28. The van der Waals surface area contributed by atoms with Gasteiger partial charge in [-0.3, -0.25) is 9.78 Å². The van der Waals surface area contributed by atoms with Crippen molar-refractivity contribution in [3.05, 3.63) is 65.1 Å². The van der Waals surface area contributed by atoms with E-state index in [-0.39, 0.29) is 5.56 Å². The van der Waals surface area contributed by atoms with Crippen LogP contribution in [0.5, 0.6) is 0 Å². The van der Waals surface area contributed by atoms with E-state index in [4.69, 9.17) is 5.73 Å². The summed E-state index contributed by atoms with van der Waals surface area (Å²) in [5.74, 6) is 0. The first-order chi connectivity index (χ1) is 10.3. The molecule has 0 amide bonds. The van der Waals surface area contributed by atoms with Gasteiger partial charge in [-0.1, -0.05) is 23.7 Å². The van der Waals surface area contributed by atoms with Gasteiger partial charge in [-0.05, 0) is 36.4 Å². The molecule has 4 nitrogen and oxygen atoms in total. The highest BCUT2D eigenvalue weighted by Crippen LogP contribution is 2.27. The van der Waals surface area contributed by atoms with Crippen molar-refractivity contribution in [2.75, 3.05) is 5.73 Å². The van der Waals surface area contributed by atoms with Gasteiger partial charge in [0.15, 0.2) is 0 Å². The average Bonchev–Trinajstić information content (AvgIpc) is 2.86. The molecule has 0 aliphatic carbocycles. The lowest BCUT2D eigenvalue weighted by atomic mass is 10.1. The number of nitrogen functional groups attached to an aromatic ring is 1. The second kappa shape index (κ2) is 4.43. The molecule has 21 heavy (non-hydrogen) atoms. The Bertz CT molecular complexity index is 1030. The topological polar surface area (TPSA) is 60.9 Å². The number of fused-ring (bicyclic) bond motifs is 2. The van der Waals surface area contributed by atoms with E-state index < -0.39 is 0 Å². The van der Waals surface area contributed by atoms with Crippen LogP contribution in [0.2, 0.25) is 0 Å². The van der Waals surface area contributed by atoms with Crippen LogP contribution in [-0.4, -0.2) is 8.94 Å². The Morgan fingerprint density at radius 1 is 1.00 bits per heavy atom. The maximum Gasteiger partial charge on any atom is 0.273 e. The summed E-state index contributed by atoms with van der Waals surface area (Å²) in [6.07, 6.45) is 1.70. The van der Waals surface area contributed by atoms with E-state index in [1.165, 1.54) is 11.5 Å². The van der Waals surface area contributed by atoms with Crippen LogP contribution < -0.4 is 11.3 Å². The monoisotopic (exact) mass is 293 g/mol. The van der Waals surface area contributed by atoms with E-state index in [1.807, 2.05) is 42.5 Å². The van der Waals surface area contributed by atoms with E-state index in [0.29, 0.717) is 5.69 Å². The third kappa shape index (κ3) is 1.75. The van der Waals surface area contributed by atoms with Gasteiger partial charge in [0.25, 0.3) is 5.56 Å². The van der Waals surface area contributed by atoms with E-state index in [0.717, 1.165) is 26.7 Å². The van der Waals surface area contributed by atoms with Gasteiger partial charge in [0.05, 0.1) is 27.0 Å². The Balaban J connectivity index is 2.12. The molecule has 0 saturated heterocycles. The van der Waals surface area contributed by atoms with Gasteiger partial charge in [-0.15, -0.1) is 0 Å². The molecular weight excluding hydrogens is 282 g/mol. The summed E-state index contributed by atoms with van der Waals surface area (Å²) >= 11 is 1.43. The third-order valence-corrected chi connectivity index (χ3v) is 4.59. The molecule has 0 radical (unpaired) electrons. The normalized spacial score (nSPS) is 11.2. The van der Waals surface area contributed by atoms with Crippen LogP contribution in [0.4, 0.5) is 5.69 Å². The molecule has 0 unspecified atom stereocenters. The smallest absolute Gasteiger partial charge is 0.273 e. The van der Waals surface area contributed by atoms with E-state index in [9.17, 15) is 4.79 Å². The predicted octanol–water partition coefficient (Wildman–Crippen LogP) is 3.18. The van der Waals surface area contributed by atoms with Crippen LogP contribution in [0.1, 0.15) is 0 Å². The molecule has 4 rings (SSSR count). The zero-order chi connectivity index (χ0) is 14.4. The summed E-state index contributed by atoms with van der Waals surface area (Å²) in [5, 5.41) is 1.61. The largest absolute Gasteiger partial charge is 0.397 e. The fourth-order valence-corrected chi connectivity index (χ4v) is 3.52. The Morgan fingerprint density at radius 3 is 2.67 bits per heavy atom. The lowest BCUT2D eigenvalue weighted by Gasteiger charge is -2.07.